The Labute approximate surface area is 159 Å². The van der Waals surface area contributed by atoms with E-state index < -0.39 is 0 Å². The predicted octanol–water partition coefficient (Wildman–Crippen LogP) is 3.34. The highest BCUT2D eigenvalue weighted by atomic mass is 16.5. The molecule has 0 radical (unpaired) electrons. The molecule has 5 heteroatoms. The zero-order valence-corrected chi connectivity index (χ0v) is 15.6. The van der Waals surface area contributed by atoms with Crippen LogP contribution in [0.25, 0.3) is 0 Å². The van der Waals surface area contributed by atoms with Gasteiger partial charge in [-0.3, -0.25) is 9.59 Å². The van der Waals surface area contributed by atoms with Crippen LogP contribution in [0.15, 0.2) is 48.5 Å². The van der Waals surface area contributed by atoms with Crippen molar-refractivity contribution < 1.29 is 14.3 Å². The van der Waals surface area contributed by atoms with Crippen LogP contribution in [0.3, 0.4) is 0 Å². The first-order valence-corrected chi connectivity index (χ1v) is 9.50. The van der Waals surface area contributed by atoms with Crippen molar-refractivity contribution >= 4 is 17.5 Å². The Balaban J connectivity index is 1.34. The molecule has 1 heterocycles. The van der Waals surface area contributed by atoms with Gasteiger partial charge in [0.1, 0.15) is 5.75 Å². The molecule has 1 atom stereocenters. The second-order valence-corrected chi connectivity index (χ2v) is 7.19. The lowest BCUT2D eigenvalue weighted by atomic mass is 10.1. The van der Waals surface area contributed by atoms with Crippen LogP contribution in [0, 0.1) is 0 Å². The fourth-order valence-electron chi connectivity index (χ4n) is 4.00. The largest absolute Gasteiger partial charge is 0.484 e. The number of nitrogens with zero attached hydrogens (tertiary/aromatic N) is 2. The minimum atomic E-state index is -0.0319. The van der Waals surface area contributed by atoms with Crippen LogP contribution in [0.4, 0.5) is 5.69 Å². The van der Waals surface area contributed by atoms with Gasteiger partial charge in [-0.25, -0.2) is 0 Å². The molecule has 1 fully saturated rings. The van der Waals surface area contributed by atoms with Gasteiger partial charge in [0.25, 0.3) is 5.91 Å². The van der Waals surface area contributed by atoms with Gasteiger partial charge in [-0.05, 0) is 54.7 Å². The summed E-state index contributed by atoms with van der Waals surface area (Å²) in [6.07, 6.45) is 3.49. The lowest BCUT2D eigenvalue weighted by Gasteiger charge is -2.25. The third kappa shape index (κ3) is 3.54. The molecule has 140 valence electrons. The minimum absolute atomic E-state index is 0.0111. The molecule has 2 aromatic carbocycles. The number of hydrogen-bond acceptors (Lipinski definition) is 3. The molecule has 0 N–H and O–H groups in total. The zero-order chi connectivity index (χ0) is 18.8. The van der Waals surface area contributed by atoms with Gasteiger partial charge in [0.15, 0.2) is 6.61 Å². The molecule has 1 unspecified atom stereocenters. The van der Waals surface area contributed by atoms with Crippen molar-refractivity contribution in [3.63, 3.8) is 0 Å². The Morgan fingerprint density at radius 2 is 1.93 bits per heavy atom. The number of hydrogen-bond donors (Lipinski definition) is 0. The molecule has 0 spiro atoms. The number of rotatable bonds is 5. The highest BCUT2D eigenvalue weighted by Gasteiger charge is 2.28. The van der Waals surface area contributed by atoms with Gasteiger partial charge in [-0.2, -0.15) is 0 Å². The maximum absolute atomic E-state index is 12.6. The summed E-state index contributed by atoms with van der Waals surface area (Å²) in [5.41, 5.74) is 3.46. The molecule has 27 heavy (non-hydrogen) atoms. The fraction of sp³-hybridized carbons (Fsp3) is 0.364. The van der Waals surface area contributed by atoms with E-state index in [2.05, 4.69) is 12.1 Å². The lowest BCUT2D eigenvalue weighted by molar-refractivity contribution is -0.134. The number of carbonyl (C=O) groups is 2. The second kappa shape index (κ2) is 7.43. The van der Waals surface area contributed by atoms with E-state index in [9.17, 15) is 9.59 Å². The van der Waals surface area contributed by atoms with Crippen molar-refractivity contribution in [3.05, 3.63) is 59.7 Å². The van der Waals surface area contributed by atoms with Crippen LogP contribution < -0.4 is 9.64 Å². The predicted molar refractivity (Wildman–Crippen MR) is 104 cm³/mol. The highest BCUT2D eigenvalue weighted by molar-refractivity contribution is 5.95. The van der Waals surface area contributed by atoms with Gasteiger partial charge in [-0.15, -0.1) is 0 Å². The number of ether oxygens (including phenoxy) is 1. The molecule has 2 aliphatic rings. The molecule has 2 aromatic rings. The summed E-state index contributed by atoms with van der Waals surface area (Å²) in [7, 11) is 1.85. The Hall–Kier alpha value is -2.82. The molecule has 0 aromatic heterocycles. The summed E-state index contributed by atoms with van der Waals surface area (Å²) >= 11 is 0. The summed E-state index contributed by atoms with van der Waals surface area (Å²) < 4.78 is 5.69. The smallest absolute Gasteiger partial charge is 0.260 e. The Bertz CT molecular complexity index is 847. The Kier molecular flexibility index (Phi) is 4.84. The SMILES string of the molecule is CN(C(=O)COc1ccc(N2CCCC2=O)cc1)C1CCc2ccccc21. The quantitative estimate of drug-likeness (QED) is 0.818. The van der Waals surface area contributed by atoms with Crippen LogP contribution in [-0.2, 0) is 16.0 Å². The maximum atomic E-state index is 12.6. The van der Waals surface area contributed by atoms with Crippen molar-refractivity contribution in [3.8, 4) is 5.75 Å². The molecule has 0 bridgehead atoms. The van der Waals surface area contributed by atoms with Gasteiger partial charge in [-0.1, -0.05) is 24.3 Å². The molecule has 1 aliphatic carbocycles. The van der Waals surface area contributed by atoms with Gasteiger partial charge < -0.3 is 14.5 Å². The number of likely N-dealkylation sites (N-methyl/N-ethyl adjacent to an activating group) is 1. The molecule has 5 nitrogen and oxygen atoms in total. The van der Waals surface area contributed by atoms with Crippen LogP contribution in [0.2, 0.25) is 0 Å². The van der Waals surface area contributed by atoms with Gasteiger partial charge in [0, 0.05) is 25.7 Å². The van der Waals surface area contributed by atoms with Crippen LogP contribution in [0.1, 0.15) is 36.4 Å². The minimum Gasteiger partial charge on any atom is -0.484 e. The van der Waals surface area contributed by atoms with E-state index in [1.165, 1.54) is 11.1 Å². The molecule has 1 saturated heterocycles. The average molecular weight is 364 g/mol. The van der Waals surface area contributed by atoms with E-state index in [0.717, 1.165) is 31.5 Å². The van der Waals surface area contributed by atoms with Crippen molar-refractivity contribution in [2.24, 2.45) is 0 Å². The van der Waals surface area contributed by atoms with E-state index in [1.807, 2.05) is 43.4 Å². The summed E-state index contributed by atoms with van der Waals surface area (Å²) in [5, 5.41) is 0. The van der Waals surface area contributed by atoms with Crippen LogP contribution in [0.5, 0.6) is 5.75 Å². The van der Waals surface area contributed by atoms with E-state index in [4.69, 9.17) is 4.74 Å². The standard InChI is InChI=1S/C22H24N2O3/c1-23(20-13-8-16-5-2-3-6-19(16)20)22(26)15-27-18-11-9-17(10-12-18)24-14-4-7-21(24)25/h2-3,5-6,9-12,20H,4,7-8,13-15H2,1H3. The fourth-order valence-corrected chi connectivity index (χ4v) is 4.00. The van der Waals surface area contributed by atoms with Gasteiger partial charge in [0.05, 0.1) is 6.04 Å². The molecule has 0 saturated carbocycles. The van der Waals surface area contributed by atoms with E-state index in [-0.39, 0.29) is 24.5 Å². The van der Waals surface area contributed by atoms with Crippen molar-refractivity contribution in [1.29, 1.82) is 0 Å². The summed E-state index contributed by atoms with van der Waals surface area (Å²) in [6.45, 7) is 0.780. The van der Waals surface area contributed by atoms with Crippen LogP contribution in [-0.4, -0.2) is 36.9 Å². The average Bonchev–Trinajstić information content (AvgIpc) is 3.32. The first kappa shape index (κ1) is 17.6. The third-order valence-electron chi connectivity index (χ3n) is 5.55. The zero-order valence-electron chi connectivity index (χ0n) is 15.6. The first-order chi connectivity index (χ1) is 13.1. The van der Waals surface area contributed by atoms with Crippen molar-refractivity contribution in [2.45, 2.75) is 31.7 Å². The normalized spacial score (nSPS) is 18.5. The summed E-state index contributed by atoms with van der Waals surface area (Å²) in [5.74, 6) is 0.770. The molecule has 1 aliphatic heterocycles. The first-order valence-electron chi connectivity index (χ1n) is 9.50. The third-order valence-corrected chi connectivity index (χ3v) is 5.55. The number of anilines is 1. The second-order valence-electron chi connectivity index (χ2n) is 7.19. The van der Waals surface area contributed by atoms with E-state index >= 15 is 0 Å². The number of amides is 2. The monoisotopic (exact) mass is 364 g/mol. The summed E-state index contributed by atoms with van der Waals surface area (Å²) in [4.78, 5) is 28.0. The number of benzene rings is 2. The lowest BCUT2D eigenvalue weighted by Crippen LogP contribution is -2.34. The topological polar surface area (TPSA) is 49.9 Å². The number of carbonyl (C=O) groups excluding carboxylic acids is 2. The van der Waals surface area contributed by atoms with Gasteiger partial charge in [0.2, 0.25) is 5.91 Å². The number of aryl methyl sites for hydroxylation is 1. The summed E-state index contributed by atoms with van der Waals surface area (Å²) in [6, 6.07) is 15.8. The van der Waals surface area contributed by atoms with Gasteiger partial charge >= 0.3 is 0 Å². The Morgan fingerprint density at radius 3 is 2.67 bits per heavy atom. The van der Waals surface area contributed by atoms with E-state index in [0.29, 0.717) is 12.2 Å². The van der Waals surface area contributed by atoms with E-state index in [1.54, 1.807) is 9.80 Å². The molecular weight excluding hydrogens is 340 g/mol. The molecular formula is C22H24N2O3. The van der Waals surface area contributed by atoms with Crippen molar-refractivity contribution in [2.75, 3.05) is 25.1 Å². The molecule has 4 rings (SSSR count). The number of fused-ring (bicyclic) bond motifs is 1. The van der Waals surface area contributed by atoms with Crippen molar-refractivity contribution in [1.82, 2.24) is 4.90 Å². The maximum Gasteiger partial charge on any atom is 0.260 e. The highest BCUT2D eigenvalue weighted by Crippen LogP contribution is 2.34. The Morgan fingerprint density at radius 1 is 1.15 bits per heavy atom. The van der Waals surface area contributed by atoms with Crippen LogP contribution >= 0.6 is 0 Å². The molecule has 2 amide bonds.